The van der Waals surface area contributed by atoms with E-state index in [9.17, 15) is 13.2 Å². The zero-order valence-corrected chi connectivity index (χ0v) is 10.5. The zero-order valence-electron chi connectivity index (χ0n) is 9.67. The first-order valence-corrected chi connectivity index (χ1v) is 6.67. The number of sulfonamides is 1. The molecule has 0 unspecified atom stereocenters. The van der Waals surface area contributed by atoms with Crippen molar-refractivity contribution >= 4 is 16.0 Å². The summed E-state index contributed by atoms with van der Waals surface area (Å²) >= 11 is 0. The molecule has 0 bridgehead atoms. The summed E-state index contributed by atoms with van der Waals surface area (Å²) in [4.78, 5) is 10.8. The highest BCUT2D eigenvalue weighted by Crippen LogP contribution is 2.11. The van der Waals surface area contributed by atoms with E-state index in [-0.39, 0.29) is 11.3 Å². The zero-order chi connectivity index (χ0) is 13.1. The van der Waals surface area contributed by atoms with Gasteiger partial charge >= 0.3 is 5.97 Å². The normalized spacial score (nSPS) is 13.3. The van der Waals surface area contributed by atoms with E-state index >= 15 is 0 Å². The lowest BCUT2D eigenvalue weighted by Gasteiger charge is -2.12. The molecule has 1 aromatic rings. The summed E-state index contributed by atoms with van der Waals surface area (Å²) < 4.78 is 25.8. The van der Waals surface area contributed by atoms with E-state index < -0.39 is 22.0 Å². The number of rotatable bonds is 5. The van der Waals surface area contributed by atoms with Crippen molar-refractivity contribution in [2.24, 2.45) is 0 Å². The molecular weight excluding hydrogens is 242 g/mol. The number of benzene rings is 1. The van der Waals surface area contributed by atoms with Crippen LogP contribution in [0.15, 0.2) is 29.2 Å². The van der Waals surface area contributed by atoms with Gasteiger partial charge in [0.15, 0.2) is 0 Å². The second-order valence-corrected chi connectivity index (χ2v) is 5.45. The van der Waals surface area contributed by atoms with Crippen LogP contribution >= 0.6 is 0 Å². The van der Waals surface area contributed by atoms with E-state index in [4.69, 9.17) is 5.11 Å². The van der Waals surface area contributed by atoms with Crippen molar-refractivity contribution in [1.82, 2.24) is 4.72 Å². The van der Waals surface area contributed by atoms with Crippen LogP contribution < -0.4 is 4.72 Å². The second kappa shape index (κ2) is 5.29. The van der Waals surface area contributed by atoms with Crippen molar-refractivity contribution in [3.05, 3.63) is 29.8 Å². The van der Waals surface area contributed by atoms with Crippen molar-refractivity contribution in [2.45, 2.75) is 31.2 Å². The fraction of sp³-hybridized carbons (Fsp3) is 0.364. The van der Waals surface area contributed by atoms with E-state index in [1.165, 1.54) is 12.1 Å². The van der Waals surface area contributed by atoms with Crippen LogP contribution in [0.5, 0.6) is 0 Å². The quantitative estimate of drug-likeness (QED) is 0.828. The molecule has 0 saturated heterocycles. The Balaban J connectivity index is 2.96. The van der Waals surface area contributed by atoms with E-state index in [0.717, 1.165) is 5.56 Å². The first-order valence-electron chi connectivity index (χ1n) is 5.18. The average molecular weight is 257 g/mol. The van der Waals surface area contributed by atoms with Crippen molar-refractivity contribution in [2.75, 3.05) is 0 Å². The summed E-state index contributed by atoms with van der Waals surface area (Å²) in [5.41, 5.74) is 0.939. The molecule has 0 spiro atoms. The highest BCUT2D eigenvalue weighted by molar-refractivity contribution is 7.89. The molecular formula is C11H15NO4S. The molecule has 0 radical (unpaired) electrons. The van der Waals surface area contributed by atoms with E-state index in [1.807, 2.05) is 6.92 Å². The second-order valence-electron chi connectivity index (χ2n) is 3.73. The van der Waals surface area contributed by atoms with Crippen LogP contribution in [0.3, 0.4) is 0 Å². The third kappa shape index (κ3) is 3.54. The minimum Gasteiger partial charge on any atom is -0.480 e. The van der Waals surface area contributed by atoms with Gasteiger partial charge in [0.25, 0.3) is 0 Å². The maximum absolute atomic E-state index is 11.8. The molecule has 1 atom stereocenters. The van der Waals surface area contributed by atoms with Crippen molar-refractivity contribution in [3.8, 4) is 0 Å². The SMILES string of the molecule is CC[C@H](NS(=O)(=O)c1ccc(C)cc1)C(=O)O. The molecule has 0 saturated carbocycles. The maximum Gasteiger partial charge on any atom is 0.321 e. The van der Waals surface area contributed by atoms with E-state index in [0.29, 0.717) is 0 Å². The van der Waals surface area contributed by atoms with Crippen LogP contribution in [0.4, 0.5) is 0 Å². The highest BCUT2D eigenvalue weighted by atomic mass is 32.2. The fourth-order valence-electron chi connectivity index (χ4n) is 1.28. The van der Waals surface area contributed by atoms with Crippen molar-refractivity contribution in [1.29, 1.82) is 0 Å². The van der Waals surface area contributed by atoms with Gasteiger partial charge in [0.1, 0.15) is 6.04 Å². The molecule has 0 amide bonds. The summed E-state index contributed by atoms with van der Waals surface area (Å²) in [6, 6.07) is 5.13. The molecule has 0 aliphatic rings. The molecule has 0 aliphatic carbocycles. The fourth-order valence-corrected chi connectivity index (χ4v) is 2.55. The monoisotopic (exact) mass is 257 g/mol. The number of aryl methyl sites for hydroxylation is 1. The number of nitrogens with one attached hydrogen (secondary N) is 1. The van der Waals surface area contributed by atoms with Crippen molar-refractivity contribution in [3.63, 3.8) is 0 Å². The number of carboxylic acids is 1. The van der Waals surface area contributed by atoms with Gasteiger partial charge in [-0.25, -0.2) is 8.42 Å². The predicted molar refractivity (Wildman–Crippen MR) is 63.2 cm³/mol. The molecule has 6 heteroatoms. The van der Waals surface area contributed by atoms with Gasteiger partial charge in [-0.15, -0.1) is 0 Å². The topological polar surface area (TPSA) is 83.5 Å². The third-order valence-corrected chi connectivity index (χ3v) is 3.82. The third-order valence-electron chi connectivity index (χ3n) is 2.34. The van der Waals surface area contributed by atoms with Gasteiger partial charge in [-0.1, -0.05) is 24.6 Å². The molecule has 0 fully saturated rings. The Bertz CT molecular complexity index is 493. The molecule has 1 rings (SSSR count). The van der Waals surface area contributed by atoms with Crippen LogP contribution in [-0.4, -0.2) is 25.5 Å². The smallest absolute Gasteiger partial charge is 0.321 e. The predicted octanol–water partition coefficient (Wildman–Crippen LogP) is 1.14. The number of carbonyl (C=O) groups is 1. The first-order chi connectivity index (χ1) is 7.86. The van der Waals surface area contributed by atoms with Gasteiger partial charge in [-0.05, 0) is 25.5 Å². The number of carboxylic acid groups (broad SMARTS) is 1. The minimum absolute atomic E-state index is 0.0720. The van der Waals surface area contributed by atoms with Gasteiger partial charge in [0, 0.05) is 0 Å². The average Bonchev–Trinajstić information content (AvgIpc) is 2.26. The summed E-state index contributed by atoms with van der Waals surface area (Å²) in [6.45, 7) is 3.45. The van der Waals surface area contributed by atoms with Gasteiger partial charge in [-0.2, -0.15) is 4.72 Å². The Morgan fingerprint density at radius 3 is 2.29 bits per heavy atom. The van der Waals surface area contributed by atoms with Gasteiger partial charge in [-0.3, -0.25) is 4.79 Å². The van der Waals surface area contributed by atoms with Gasteiger partial charge in [0.2, 0.25) is 10.0 Å². The standard InChI is InChI=1S/C11H15NO4S/c1-3-10(11(13)14)12-17(15,16)9-6-4-8(2)5-7-9/h4-7,10,12H,3H2,1-2H3,(H,13,14)/t10-/m0/s1. The Labute approximate surface area is 101 Å². The van der Waals surface area contributed by atoms with E-state index in [1.54, 1.807) is 19.1 Å². The van der Waals surface area contributed by atoms with Gasteiger partial charge in [0.05, 0.1) is 4.90 Å². The van der Waals surface area contributed by atoms with Crippen molar-refractivity contribution < 1.29 is 18.3 Å². The summed E-state index contributed by atoms with van der Waals surface area (Å²) in [7, 11) is -3.76. The number of hydrogen-bond acceptors (Lipinski definition) is 3. The molecule has 1 aromatic carbocycles. The van der Waals surface area contributed by atoms with Crippen LogP contribution in [0.25, 0.3) is 0 Å². The highest BCUT2D eigenvalue weighted by Gasteiger charge is 2.23. The molecule has 5 nitrogen and oxygen atoms in total. The van der Waals surface area contributed by atoms with Crippen LogP contribution in [0, 0.1) is 6.92 Å². The Morgan fingerprint density at radius 2 is 1.88 bits per heavy atom. The van der Waals surface area contributed by atoms with Crippen LogP contribution in [-0.2, 0) is 14.8 Å². The molecule has 17 heavy (non-hydrogen) atoms. The summed E-state index contributed by atoms with van der Waals surface area (Å²) in [5.74, 6) is -1.18. The summed E-state index contributed by atoms with van der Waals surface area (Å²) in [6.07, 6.45) is 0.195. The molecule has 0 heterocycles. The number of hydrogen-bond donors (Lipinski definition) is 2. The lowest BCUT2D eigenvalue weighted by Crippen LogP contribution is -2.40. The first kappa shape index (κ1) is 13.7. The molecule has 2 N–H and O–H groups in total. The number of aliphatic carboxylic acids is 1. The Hall–Kier alpha value is -1.40. The molecule has 94 valence electrons. The van der Waals surface area contributed by atoms with E-state index in [2.05, 4.69) is 4.72 Å². The Kier molecular flexibility index (Phi) is 4.25. The lowest BCUT2D eigenvalue weighted by molar-refractivity contribution is -0.139. The van der Waals surface area contributed by atoms with Crippen LogP contribution in [0.1, 0.15) is 18.9 Å². The molecule has 0 aromatic heterocycles. The molecule has 0 aliphatic heterocycles. The van der Waals surface area contributed by atoms with Gasteiger partial charge < -0.3 is 5.11 Å². The largest absolute Gasteiger partial charge is 0.480 e. The minimum atomic E-state index is -3.76. The lowest BCUT2D eigenvalue weighted by atomic mass is 10.2. The maximum atomic E-state index is 11.8. The van der Waals surface area contributed by atoms with Crippen LogP contribution in [0.2, 0.25) is 0 Å². The summed E-state index contributed by atoms with van der Waals surface area (Å²) in [5, 5.41) is 8.80. The Morgan fingerprint density at radius 1 is 1.35 bits per heavy atom.